The lowest BCUT2D eigenvalue weighted by molar-refractivity contribution is -0.435. The molecule has 0 aliphatic carbocycles. The molecule has 0 atom stereocenters. The molecule has 198 valence electrons. The van der Waals surface area contributed by atoms with Crippen molar-refractivity contribution in [2.24, 2.45) is 24.6 Å². The molecule has 2 heterocycles. The first-order valence-corrected chi connectivity index (χ1v) is 14.9. The number of nitrogens with zero attached hydrogens (tertiary/aromatic N) is 8. The third-order valence-corrected chi connectivity index (χ3v) is 8.21. The normalized spacial score (nSPS) is 18.1. The minimum absolute atomic E-state index is 0.0714. The summed E-state index contributed by atoms with van der Waals surface area (Å²) in [6.07, 6.45) is 5.96. The minimum Gasteiger partial charge on any atom is -0.594 e. The van der Waals surface area contributed by atoms with Gasteiger partial charge >= 0.3 is 20.0 Å². The van der Waals surface area contributed by atoms with Crippen molar-refractivity contribution in [2.45, 2.75) is 48.3 Å². The van der Waals surface area contributed by atoms with E-state index in [9.17, 15) is 22.0 Å². The summed E-state index contributed by atoms with van der Waals surface area (Å²) in [5, 5.41) is 27.3. The van der Waals surface area contributed by atoms with Gasteiger partial charge in [0.05, 0.1) is 9.79 Å². The smallest absolute Gasteiger partial charge is 0.301 e. The second-order valence-electron chi connectivity index (χ2n) is 8.68. The molecule has 2 aliphatic rings. The summed E-state index contributed by atoms with van der Waals surface area (Å²) in [4.78, 5) is 0.141. The molecule has 0 aromatic heterocycles. The fourth-order valence-corrected chi connectivity index (χ4v) is 5.37. The molecule has 2 aromatic rings. The van der Waals surface area contributed by atoms with E-state index >= 15 is 0 Å². The first kappa shape index (κ1) is 26.6. The Labute approximate surface area is 215 Å². The standard InChI is InChI=1S/C22H28N8O5S2/c31-30(20-9-13-22(14-10-20)37(34,35)27-25-29-17-5-2-6-18-29)23-19-7-11-21(12-8-19)36(32,33)26-24-28-15-3-1-4-16-28/h7-14H,1-6,15-18H2/b26-24+,27-25+,30-23?. The number of hydrogen-bond donors (Lipinski definition) is 0. The van der Waals surface area contributed by atoms with Crippen molar-refractivity contribution in [1.29, 1.82) is 0 Å². The maximum absolute atomic E-state index is 12.5. The van der Waals surface area contributed by atoms with Crippen molar-refractivity contribution in [3.63, 3.8) is 0 Å². The van der Waals surface area contributed by atoms with E-state index in [1.54, 1.807) is 10.0 Å². The van der Waals surface area contributed by atoms with Gasteiger partial charge in [-0.3, -0.25) is 10.0 Å². The lowest BCUT2D eigenvalue weighted by Crippen LogP contribution is -2.24. The molecule has 4 rings (SSSR count). The third kappa shape index (κ3) is 7.29. The molecule has 15 heteroatoms. The van der Waals surface area contributed by atoms with Crippen LogP contribution in [0.3, 0.4) is 0 Å². The maximum Gasteiger partial charge on any atom is 0.301 e. The molecular weight excluding hydrogens is 520 g/mol. The number of azo groups is 1. The summed E-state index contributed by atoms with van der Waals surface area (Å²) in [5.41, 5.74) is 0.285. The molecule has 0 saturated carbocycles. The Morgan fingerprint density at radius 3 is 1.46 bits per heavy atom. The van der Waals surface area contributed by atoms with Gasteiger partial charge in [-0.1, -0.05) is 15.3 Å². The second kappa shape index (κ2) is 11.7. The van der Waals surface area contributed by atoms with Crippen molar-refractivity contribution in [3.05, 3.63) is 53.7 Å². The quantitative estimate of drug-likeness (QED) is 0.262. The minimum atomic E-state index is -4.00. The molecule has 2 fully saturated rings. The zero-order chi connectivity index (χ0) is 26.3. The number of benzene rings is 2. The summed E-state index contributed by atoms with van der Waals surface area (Å²) < 4.78 is 56.7. The topological polar surface area (TPSA) is 163 Å². The summed E-state index contributed by atoms with van der Waals surface area (Å²) in [7, 11) is -7.98. The van der Waals surface area contributed by atoms with Gasteiger partial charge in [0, 0.05) is 43.4 Å². The van der Waals surface area contributed by atoms with Crippen LogP contribution in [0.1, 0.15) is 38.5 Å². The van der Waals surface area contributed by atoms with E-state index in [0.717, 1.165) is 38.5 Å². The fraction of sp³-hybridized carbons (Fsp3) is 0.455. The molecular formula is C22H28N8O5S2. The second-order valence-corrected chi connectivity index (χ2v) is 11.9. The van der Waals surface area contributed by atoms with Crippen LogP contribution in [-0.4, -0.2) is 57.9 Å². The highest BCUT2D eigenvalue weighted by atomic mass is 32.2. The van der Waals surface area contributed by atoms with Crippen molar-refractivity contribution >= 4 is 31.4 Å². The zero-order valence-electron chi connectivity index (χ0n) is 20.1. The Bertz CT molecular complexity index is 1360. The Morgan fingerprint density at radius 1 is 0.622 bits per heavy atom. The van der Waals surface area contributed by atoms with Crippen molar-refractivity contribution < 1.29 is 21.7 Å². The number of rotatable bonds is 8. The van der Waals surface area contributed by atoms with Crippen LogP contribution in [0.25, 0.3) is 0 Å². The Hall–Kier alpha value is -3.46. The van der Waals surface area contributed by atoms with Crippen LogP contribution in [0.5, 0.6) is 0 Å². The number of hydrogen-bond acceptors (Lipinski definition) is 8. The van der Waals surface area contributed by atoms with Gasteiger partial charge in [-0.05, 0) is 84.0 Å². The summed E-state index contributed by atoms with van der Waals surface area (Å²) in [5.74, 6) is 0. The van der Waals surface area contributed by atoms with Crippen molar-refractivity contribution in [3.8, 4) is 0 Å². The van der Waals surface area contributed by atoms with E-state index in [1.807, 2.05) is 0 Å². The molecule has 2 aliphatic heterocycles. The van der Waals surface area contributed by atoms with Gasteiger partial charge < -0.3 is 5.21 Å². The molecule has 37 heavy (non-hydrogen) atoms. The molecule has 0 amide bonds. The SMILES string of the molecule is O=S(=O)(/N=N/N1CCCCC1)c1ccc(N=[N+]([O-])c2ccc(S(=O)(=O)/N=N/N3CCCCC3)cc2)cc1. The Kier molecular flexibility index (Phi) is 8.43. The predicted octanol–water partition coefficient (Wildman–Crippen LogP) is 4.70. The highest BCUT2D eigenvalue weighted by molar-refractivity contribution is 7.90. The van der Waals surface area contributed by atoms with Crippen LogP contribution < -0.4 is 0 Å². The lowest BCUT2D eigenvalue weighted by Gasteiger charge is -2.21. The van der Waals surface area contributed by atoms with E-state index in [0.29, 0.717) is 31.0 Å². The van der Waals surface area contributed by atoms with E-state index in [-0.39, 0.29) is 21.2 Å². The highest BCUT2D eigenvalue weighted by Gasteiger charge is 2.18. The van der Waals surface area contributed by atoms with Crippen molar-refractivity contribution in [1.82, 2.24) is 10.0 Å². The lowest BCUT2D eigenvalue weighted by atomic mass is 10.2. The van der Waals surface area contributed by atoms with Gasteiger partial charge in [0.25, 0.3) is 0 Å². The fourth-order valence-electron chi connectivity index (χ4n) is 3.82. The van der Waals surface area contributed by atoms with Crippen LogP contribution in [0.4, 0.5) is 11.4 Å². The van der Waals surface area contributed by atoms with E-state index in [4.69, 9.17) is 0 Å². The van der Waals surface area contributed by atoms with Crippen LogP contribution in [0, 0.1) is 5.21 Å². The molecule has 0 N–H and O–H groups in total. The van der Waals surface area contributed by atoms with Gasteiger partial charge in [-0.15, -0.1) is 0 Å². The van der Waals surface area contributed by atoms with Gasteiger partial charge in [-0.25, -0.2) is 0 Å². The summed E-state index contributed by atoms with van der Waals surface area (Å²) in [6.45, 7) is 2.68. The Morgan fingerprint density at radius 2 is 1.03 bits per heavy atom. The molecule has 0 bridgehead atoms. The van der Waals surface area contributed by atoms with E-state index in [2.05, 4.69) is 24.6 Å². The van der Waals surface area contributed by atoms with Gasteiger partial charge in [0.1, 0.15) is 5.69 Å². The monoisotopic (exact) mass is 548 g/mol. The zero-order valence-corrected chi connectivity index (χ0v) is 21.8. The Balaban J connectivity index is 1.41. The van der Waals surface area contributed by atoms with E-state index in [1.165, 1.54) is 48.5 Å². The van der Waals surface area contributed by atoms with Gasteiger partial charge in [0.2, 0.25) is 5.69 Å². The number of piperidine rings is 2. The summed E-state index contributed by atoms with van der Waals surface area (Å²) in [6, 6.07) is 10.4. The molecule has 0 unspecified atom stereocenters. The molecule has 2 aromatic carbocycles. The highest BCUT2D eigenvalue weighted by Crippen LogP contribution is 2.23. The molecule has 0 spiro atoms. The molecule has 0 radical (unpaired) electrons. The van der Waals surface area contributed by atoms with Crippen LogP contribution in [0.15, 0.2) is 82.9 Å². The van der Waals surface area contributed by atoms with Crippen molar-refractivity contribution in [2.75, 3.05) is 26.2 Å². The molecule has 2 saturated heterocycles. The first-order chi connectivity index (χ1) is 17.7. The average Bonchev–Trinajstić information content (AvgIpc) is 2.92. The van der Waals surface area contributed by atoms with Crippen LogP contribution in [0.2, 0.25) is 0 Å². The van der Waals surface area contributed by atoms with Gasteiger partial charge in [-0.2, -0.15) is 16.8 Å². The molecule has 13 nitrogen and oxygen atoms in total. The average molecular weight is 549 g/mol. The van der Waals surface area contributed by atoms with Crippen LogP contribution in [-0.2, 0) is 20.0 Å². The summed E-state index contributed by atoms with van der Waals surface area (Å²) >= 11 is 0. The largest absolute Gasteiger partial charge is 0.594 e. The third-order valence-electron chi connectivity index (χ3n) is 5.90. The first-order valence-electron chi connectivity index (χ1n) is 12.0. The number of sulfonamides is 2. The predicted molar refractivity (Wildman–Crippen MR) is 133 cm³/mol. The van der Waals surface area contributed by atoms with Crippen LogP contribution >= 0.6 is 0 Å². The van der Waals surface area contributed by atoms with E-state index < -0.39 is 20.0 Å². The van der Waals surface area contributed by atoms with Gasteiger partial charge in [0.15, 0.2) is 0 Å². The maximum atomic E-state index is 12.5.